The normalized spacial score (nSPS) is 21.2. The van der Waals surface area contributed by atoms with E-state index in [1.54, 1.807) is 12.4 Å². The van der Waals surface area contributed by atoms with Gasteiger partial charge in [-0.1, -0.05) is 12.1 Å². The van der Waals surface area contributed by atoms with Crippen molar-refractivity contribution in [2.75, 3.05) is 5.32 Å². The van der Waals surface area contributed by atoms with Crippen LogP contribution in [0.15, 0.2) is 54.9 Å². The van der Waals surface area contributed by atoms with Crippen LogP contribution in [0, 0.1) is 0 Å². The number of amides is 2. The average Bonchev–Trinajstić information content (AvgIpc) is 3.31. The van der Waals surface area contributed by atoms with Crippen LogP contribution in [0.5, 0.6) is 11.5 Å². The van der Waals surface area contributed by atoms with Gasteiger partial charge in [-0.3, -0.25) is 4.98 Å². The van der Waals surface area contributed by atoms with Gasteiger partial charge in [0.2, 0.25) is 0 Å². The molecule has 6 rings (SSSR count). The topological polar surface area (TPSA) is 72.5 Å². The number of rotatable bonds is 4. The van der Waals surface area contributed by atoms with Gasteiger partial charge in [0, 0.05) is 35.2 Å². The van der Waals surface area contributed by atoms with Crippen molar-refractivity contribution in [1.29, 1.82) is 0 Å². The molecule has 2 amide bonds. The first-order chi connectivity index (χ1) is 16.2. The predicted octanol–water partition coefficient (Wildman–Crippen LogP) is 6.12. The average molecular weight is 444 g/mol. The van der Waals surface area contributed by atoms with Gasteiger partial charge in [0.1, 0.15) is 17.1 Å². The van der Waals surface area contributed by atoms with Crippen LogP contribution in [-0.4, -0.2) is 22.7 Å². The lowest BCUT2D eigenvalue weighted by molar-refractivity contribution is -0.0355. The van der Waals surface area contributed by atoms with Gasteiger partial charge in [0.05, 0.1) is 17.8 Å². The highest BCUT2D eigenvalue weighted by atomic mass is 16.5. The van der Waals surface area contributed by atoms with E-state index in [4.69, 9.17) is 9.47 Å². The fourth-order valence-electron chi connectivity index (χ4n) is 5.47. The van der Waals surface area contributed by atoms with Crippen LogP contribution in [0.3, 0.4) is 0 Å². The molecule has 1 aromatic heterocycles. The third kappa shape index (κ3) is 3.99. The molecule has 170 valence electrons. The van der Waals surface area contributed by atoms with Crippen molar-refractivity contribution >= 4 is 22.5 Å². The Morgan fingerprint density at radius 1 is 1.09 bits per heavy atom. The van der Waals surface area contributed by atoms with E-state index in [9.17, 15) is 4.79 Å². The van der Waals surface area contributed by atoms with Crippen LogP contribution < -0.4 is 20.1 Å². The minimum atomic E-state index is -0.214. The lowest BCUT2D eigenvalue weighted by Gasteiger charge is -2.48. The molecule has 1 unspecified atom stereocenters. The second kappa shape index (κ2) is 8.25. The van der Waals surface area contributed by atoms with Gasteiger partial charge in [0.25, 0.3) is 0 Å². The number of hydrogen-bond donors (Lipinski definition) is 2. The second-order valence-electron chi connectivity index (χ2n) is 9.62. The van der Waals surface area contributed by atoms with Crippen molar-refractivity contribution in [2.45, 2.75) is 69.1 Å². The number of nitrogens with one attached hydrogen (secondary N) is 2. The number of ether oxygens (including phenoxy) is 2. The summed E-state index contributed by atoms with van der Waals surface area (Å²) in [5, 5.41) is 8.25. The van der Waals surface area contributed by atoms with E-state index in [0.29, 0.717) is 6.10 Å². The maximum absolute atomic E-state index is 13.1. The molecule has 0 bridgehead atoms. The Morgan fingerprint density at radius 2 is 1.97 bits per heavy atom. The lowest BCUT2D eigenvalue weighted by Crippen LogP contribution is -2.50. The third-order valence-corrected chi connectivity index (χ3v) is 7.36. The molecule has 1 atom stereocenters. The van der Waals surface area contributed by atoms with E-state index in [2.05, 4.69) is 21.7 Å². The van der Waals surface area contributed by atoms with Gasteiger partial charge in [-0.2, -0.15) is 0 Å². The Morgan fingerprint density at radius 3 is 2.79 bits per heavy atom. The molecule has 0 radical (unpaired) electrons. The fourth-order valence-corrected chi connectivity index (χ4v) is 5.47. The number of nitrogens with zero attached hydrogens (tertiary/aromatic N) is 1. The molecule has 2 heterocycles. The molecule has 3 aromatic rings. The Hall–Kier alpha value is -3.28. The summed E-state index contributed by atoms with van der Waals surface area (Å²) in [5.41, 5.74) is 1.61. The summed E-state index contributed by atoms with van der Waals surface area (Å²) in [7, 11) is 0. The first kappa shape index (κ1) is 20.3. The van der Waals surface area contributed by atoms with Crippen molar-refractivity contribution in [1.82, 2.24) is 10.3 Å². The Kier molecular flexibility index (Phi) is 5.08. The zero-order chi connectivity index (χ0) is 22.3. The minimum Gasteiger partial charge on any atom is -0.490 e. The number of urea groups is 1. The minimum absolute atomic E-state index is 0.127. The quantitative estimate of drug-likeness (QED) is 0.509. The first-order valence-electron chi connectivity index (χ1n) is 12.1. The maximum Gasteiger partial charge on any atom is 0.319 e. The van der Waals surface area contributed by atoms with E-state index in [1.165, 1.54) is 19.3 Å². The molecule has 2 saturated carbocycles. The summed E-state index contributed by atoms with van der Waals surface area (Å²) in [5.74, 6) is 1.73. The van der Waals surface area contributed by atoms with Crippen LogP contribution in [0.4, 0.5) is 10.5 Å². The molecule has 2 aromatic carbocycles. The van der Waals surface area contributed by atoms with Gasteiger partial charge in [-0.05, 0) is 75.3 Å². The number of anilines is 1. The molecule has 1 aliphatic heterocycles. The maximum atomic E-state index is 13.1. The number of hydrogen-bond acceptors (Lipinski definition) is 4. The Bertz CT molecular complexity index is 1180. The van der Waals surface area contributed by atoms with Gasteiger partial charge in [0.15, 0.2) is 0 Å². The molecular formula is C27H29N3O3. The highest BCUT2D eigenvalue weighted by Crippen LogP contribution is 2.49. The van der Waals surface area contributed by atoms with Crippen LogP contribution in [-0.2, 0) is 0 Å². The summed E-state index contributed by atoms with van der Waals surface area (Å²) in [6, 6.07) is 13.5. The largest absolute Gasteiger partial charge is 0.490 e. The number of fused-ring (bicyclic) bond motifs is 2. The summed E-state index contributed by atoms with van der Waals surface area (Å²) in [6.07, 6.45) is 12.5. The van der Waals surface area contributed by atoms with E-state index >= 15 is 0 Å². The van der Waals surface area contributed by atoms with E-state index in [0.717, 1.165) is 65.6 Å². The second-order valence-corrected chi connectivity index (χ2v) is 9.62. The van der Waals surface area contributed by atoms with Crippen LogP contribution in [0.2, 0.25) is 0 Å². The molecule has 2 N–H and O–H groups in total. The molecule has 2 fully saturated rings. The molecule has 2 aliphatic carbocycles. The van der Waals surface area contributed by atoms with Crippen molar-refractivity contribution in [3.63, 3.8) is 0 Å². The molecule has 0 saturated heterocycles. The third-order valence-electron chi connectivity index (χ3n) is 7.36. The lowest BCUT2D eigenvalue weighted by atomic mass is 9.73. The summed E-state index contributed by atoms with van der Waals surface area (Å²) in [6.45, 7) is 0. The SMILES string of the molecule is O=C(Nc1cccc2cnccc12)NC1CC2(CCC2)Oc2ccc(OC3CCCC3)cc21. The molecule has 33 heavy (non-hydrogen) atoms. The number of aromatic nitrogens is 1. The monoisotopic (exact) mass is 443 g/mol. The summed E-state index contributed by atoms with van der Waals surface area (Å²) in [4.78, 5) is 17.3. The number of pyridine rings is 1. The molecular weight excluding hydrogens is 414 g/mol. The zero-order valence-electron chi connectivity index (χ0n) is 18.7. The fraction of sp³-hybridized carbons (Fsp3) is 0.407. The highest BCUT2D eigenvalue weighted by Gasteiger charge is 2.46. The van der Waals surface area contributed by atoms with Crippen molar-refractivity contribution < 1.29 is 14.3 Å². The predicted molar refractivity (Wildman–Crippen MR) is 128 cm³/mol. The Balaban J connectivity index is 1.24. The standard InChI is InChI=1S/C27H29N3O3/c31-26(29-23-8-3-5-18-17-28-14-11-21(18)23)30-24-16-27(12-4-13-27)33-25-10-9-20(15-22(24)25)32-19-6-1-2-7-19/h3,5,8-11,14-15,17,19,24H,1-2,4,6-7,12-13,16H2,(H2,29,30,31). The first-order valence-corrected chi connectivity index (χ1v) is 12.1. The summed E-state index contributed by atoms with van der Waals surface area (Å²) >= 11 is 0. The van der Waals surface area contributed by atoms with E-state index < -0.39 is 0 Å². The molecule has 1 spiro atoms. The van der Waals surface area contributed by atoms with E-state index in [-0.39, 0.29) is 17.7 Å². The van der Waals surface area contributed by atoms with Gasteiger partial charge < -0.3 is 20.1 Å². The van der Waals surface area contributed by atoms with Gasteiger partial charge in [-0.25, -0.2) is 4.79 Å². The number of carbonyl (C=O) groups is 1. The van der Waals surface area contributed by atoms with Crippen molar-refractivity contribution in [3.05, 3.63) is 60.4 Å². The highest BCUT2D eigenvalue weighted by molar-refractivity contribution is 6.01. The Labute approximate surface area is 193 Å². The van der Waals surface area contributed by atoms with Crippen LogP contribution >= 0.6 is 0 Å². The van der Waals surface area contributed by atoms with Gasteiger partial charge in [-0.15, -0.1) is 0 Å². The van der Waals surface area contributed by atoms with Crippen LogP contribution in [0.1, 0.15) is 63.0 Å². The number of benzene rings is 2. The zero-order valence-corrected chi connectivity index (χ0v) is 18.7. The number of carbonyl (C=O) groups excluding carboxylic acids is 1. The molecule has 3 aliphatic rings. The smallest absolute Gasteiger partial charge is 0.319 e. The van der Waals surface area contributed by atoms with Crippen molar-refractivity contribution in [2.24, 2.45) is 0 Å². The molecule has 6 heteroatoms. The van der Waals surface area contributed by atoms with Gasteiger partial charge >= 0.3 is 6.03 Å². The molecule has 6 nitrogen and oxygen atoms in total. The van der Waals surface area contributed by atoms with Crippen molar-refractivity contribution in [3.8, 4) is 11.5 Å². The van der Waals surface area contributed by atoms with Crippen LogP contribution in [0.25, 0.3) is 10.8 Å². The summed E-state index contributed by atoms with van der Waals surface area (Å²) < 4.78 is 12.7. The van der Waals surface area contributed by atoms with E-state index in [1.807, 2.05) is 36.4 Å².